The van der Waals surface area contributed by atoms with Crippen molar-refractivity contribution in [2.24, 2.45) is 11.1 Å². The number of likely N-dealkylation sites (N-methyl/N-ethyl adjacent to an activating group) is 1. The normalized spacial score (nSPS) is 11.8. The van der Waals surface area contributed by atoms with E-state index in [-0.39, 0.29) is 11.3 Å². The van der Waals surface area contributed by atoms with Crippen LogP contribution in [0.2, 0.25) is 0 Å². The molecule has 0 bridgehead atoms. The van der Waals surface area contributed by atoms with Gasteiger partial charge in [-0.15, -0.1) is 0 Å². The second-order valence-corrected chi connectivity index (χ2v) is 6.44. The Hall–Kier alpha value is -0.870. The molecule has 0 aromatic carbocycles. The molecule has 0 aliphatic heterocycles. The van der Waals surface area contributed by atoms with Gasteiger partial charge in [0, 0.05) is 19.6 Å². The number of nitrogens with zero attached hydrogens (tertiary/aromatic N) is 2. The minimum Gasteiger partial charge on any atom is -0.338 e. The quantitative estimate of drug-likeness (QED) is 0.625. The first-order valence-electron chi connectivity index (χ1n) is 7.60. The van der Waals surface area contributed by atoms with E-state index < -0.39 is 0 Å². The third-order valence-corrected chi connectivity index (χ3v) is 3.30. The lowest BCUT2D eigenvalue weighted by Gasteiger charge is -2.32. The molecule has 1 amide bonds. The summed E-state index contributed by atoms with van der Waals surface area (Å²) in [6.45, 7) is 18.5. The van der Waals surface area contributed by atoms with Gasteiger partial charge in [0.15, 0.2) is 0 Å². The summed E-state index contributed by atoms with van der Waals surface area (Å²) in [7, 11) is 0. The van der Waals surface area contributed by atoms with Crippen LogP contribution in [0.4, 0.5) is 0 Å². The van der Waals surface area contributed by atoms with Crippen molar-refractivity contribution in [3.63, 3.8) is 0 Å². The Kier molecular flexibility index (Phi) is 8.74. The molecule has 0 unspecified atom stereocenters. The van der Waals surface area contributed by atoms with Crippen LogP contribution in [0.25, 0.3) is 0 Å². The summed E-state index contributed by atoms with van der Waals surface area (Å²) in [6.07, 6.45) is 1.04. The zero-order chi connectivity index (χ0) is 15.8. The molecule has 0 aliphatic carbocycles. The molecule has 0 rings (SSSR count). The van der Waals surface area contributed by atoms with E-state index >= 15 is 0 Å². The van der Waals surface area contributed by atoms with E-state index in [1.165, 1.54) is 0 Å². The standard InChI is InChI=1S/C16H33N3O/c1-7-9-18(13-16(5,6)12-17)11-15(20)19(8-2)10-14(3)4/h3,7-13,17H2,1-2,4-6H3. The van der Waals surface area contributed by atoms with Crippen LogP contribution in [0.15, 0.2) is 12.2 Å². The van der Waals surface area contributed by atoms with Gasteiger partial charge in [0.1, 0.15) is 0 Å². The molecule has 2 N–H and O–H groups in total. The first-order chi connectivity index (χ1) is 9.25. The third kappa shape index (κ3) is 7.65. The molecule has 0 heterocycles. The van der Waals surface area contributed by atoms with Crippen LogP contribution in [-0.4, -0.2) is 55.0 Å². The van der Waals surface area contributed by atoms with E-state index in [0.29, 0.717) is 19.6 Å². The summed E-state index contributed by atoms with van der Waals surface area (Å²) < 4.78 is 0. The second-order valence-electron chi connectivity index (χ2n) is 6.44. The van der Waals surface area contributed by atoms with Gasteiger partial charge in [-0.05, 0) is 38.8 Å². The highest BCUT2D eigenvalue weighted by atomic mass is 16.2. The summed E-state index contributed by atoms with van der Waals surface area (Å²) >= 11 is 0. The van der Waals surface area contributed by atoms with E-state index in [2.05, 4.69) is 32.3 Å². The second kappa shape index (κ2) is 9.14. The zero-order valence-corrected chi connectivity index (χ0v) is 14.0. The highest BCUT2D eigenvalue weighted by Crippen LogP contribution is 2.15. The molecule has 0 atom stereocenters. The van der Waals surface area contributed by atoms with Gasteiger partial charge in [-0.25, -0.2) is 0 Å². The first kappa shape index (κ1) is 19.1. The molecule has 0 saturated carbocycles. The van der Waals surface area contributed by atoms with E-state index in [1.807, 2.05) is 18.7 Å². The van der Waals surface area contributed by atoms with Crippen molar-refractivity contribution in [1.29, 1.82) is 0 Å². The molecule has 0 aliphatic rings. The SMILES string of the molecule is C=C(C)CN(CC)C(=O)CN(CCC)CC(C)(C)CN. The summed E-state index contributed by atoms with van der Waals surface area (Å²) in [5.74, 6) is 0.178. The van der Waals surface area contributed by atoms with Gasteiger partial charge in [0.2, 0.25) is 5.91 Å². The fraction of sp³-hybridized carbons (Fsp3) is 0.812. The lowest BCUT2D eigenvalue weighted by molar-refractivity contribution is -0.132. The topological polar surface area (TPSA) is 49.6 Å². The molecule has 0 spiro atoms. The molecular weight excluding hydrogens is 250 g/mol. The highest BCUT2D eigenvalue weighted by Gasteiger charge is 2.23. The molecule has 0 aromatic rings. The summed E-state index contributed by atoms with van der Waals surface area (Å²) in [5.41, 5.74) is 6.86. The van der Waals surface area contributed by atoms with Gasteiger partial charge in [0.05, 0.1) is 6.54 Å². The monoisotopic (exact) mass is 283 g/mol. The molecule has 118 valence electrons. The molecule has 4 nitrogen and oxygen atoms in total. The van der Waals surface area contributed by atoms with Crippen molar-refractivity contribution < 1.29 is 4.79 Å². The van der Waals surface area contributed by atoms with Gasteiger partial charge in [-0.2, -0.15) is 0 Å². The predicted octanol–water partition coefficient (Wildman–Crippen LogP) is 2.11. The summed E-state index contributed by atoms with van der Waals surface area (Å²) in [5, 5.41) is 0. The Morgan fingerprint density at radius 3 is 2.25 bits per heavy atom. The van der Waals surface area contributed by atoms with Gasteiger partial charge in [0.25, 0.3) is 0 Å². The van der Waals surface area contributed by atoms with Crippen LogP contribution >= 0.6 is 0 Å². The zero-order valence-electron chi connectivity index (χ0n) is 14.0. The maximum Gasteiger partial charge on any atom is 0.237 e. The first-order valence-corrected chi connectivity index (χ1v) is 7.60. The van der Waals surface area contributed by atoms with Crippen molar-refractivity contribution >= 4 is 5.91 Å². The van der Waals surface area contributed by atoms with Crippen LogP contribution in [0.1, 0.15) is 41.0 Å². The van der Waals surface area contributed by atoms with Gasteiger partial charge in [-0.1, -0.05) is 32.9 Å². The maximum atomic E-state index is 12.4. The number of rotatable bonds is 10. The predicted molar refractivity (Wildman–Crippen MR) is 86.6 cm³/mol. The average Bonchev–Trinajstić information content (AvgIpc) is 2.35. The number of nitrogens with two attached hydrogens (primary N) is 1. The minimum absolute atomic E-state index is 0.0425. The van der Waals surface area contributed by atoms with Crippen molar-refractivity contribution in [2.45, 2.75) is 41.0 Å². The number of hydrogen-bond acceptors (Lipinski definition) is 3. The van der Waals surface area contributed by atoms with Crippen molar-refractivity contribution in [2.75, 3.05) is 39.3 Å². The fourth-order valence-electron chi connectivity index (χ4n) is 2.19. The van der Waals surface area contributed by atoms with Crippen molar-refractivity contribution in [3.05, 3.63) is 12.2 Å². The summed E-state index contributed by atoms with van der Waals surface area (Å²) in [6, 6.07) is 0. The van der Waals surface area contributed by atoms with Crippen LogP contribution in [-0.2, 0) is 4.79 Å². The fourth-order valence-corrected chi connectivity index (χ4v) is 2.19. The lowest BCUT2D eigenvalue weighted by Crippen LogP contribution is -2.45. The van der Waals surface area contributed by atoms with E-state index in [9.17, 15) is 4.79 Å². The molecule has 0 aromatic heterocycles. The molecule has 0 radical (unpaired) electrons. The van der Waals surface area contributed by atoms with Crippen molar-refractivity contribution in [1.82, 2.24) is 9.80 Å². The Morgan fingerprint density at radius 1 is 1.25 bits per heavy atom. The maximum absolute atomic E-state index is 12.4. The van der Waals surface area contributed by atoms with Gasteiger partial charge in [-0.3, -0.25) is 9.69 Å². The lowest BCUT2D eigenvalue weighted by atomic mass is 9.93. The minimum atomic E-state index is 0.0425. The smallest absolute Gasteiger partial charge is 0.237 e. The Balaban J connectivity index is 4.63. The van der Waals surface area contributed by atoms with Crippen LogP contribution in [0.5, 0.6) is 0 Å². The molecule has 0 fully saturated rings. The Morgan fingerprint density at radius 2 is 1.85 bits per heavy atom. The number of carbonyl (C=O) groups is 1. The van der Waals surface area contributed by atoms with E-state index in [1.54, 1.807) is 0 Å². The van der Waals surface area contributed by atoms with Crippen LogP contribution < -0.4 is 5.73 Å². The van der Waals surface area contributed by atoms with E-state index in [4.69, 9.17) is 5.73 Å². The van der Waals surface area contributed by atoms with Crippen LogP contribution in [0, 0.1) is 5.41 Å². The molecule has 0 saturated heterocycles. The highest BCUT2D eigenvalue weighted by molar-refractivity contribution is 5.78. The van der Waals surface area contributed by atoms with E-state index in [0.717, 1.165) is 31.6 Å². The summed E-state index contributed by atoms with van der Waals surface area (Å²) in [4.78, 5) is 16.5. The Bertz CT molecular complexity index is 313. The van der Waals surface area contributed by atoms with Crippen LogP contribution in [0.3, 0.4) is 0 Å². The van der Waals surface area contributed by atoms with Crippen molar-refractivity contribution in [3.8, 4) is 0 Å². The third-order valence-electron chi connectivity index (χ3n) is 3.30. The Labute approximate surface area is 125 Å². The van der Waals surface area contributed by atoms with Gasteiger partial charge < -0.3 is 10.6 Å². The molecular formula is C16H33N3O. The average molecular weight is 283 g/mol. The number of hydrogen-bond donors (Lipinski definition) is 1. The number of carbonyl (C=O) groups excluding carboxylic acids is 1. The van der Waals surface area contributed by atoms with Gasteiger partial charge >= 0.3 is 0 Å². The number of amides is 1. The molecule has 4 heteroatoms. The molecule has 20 heavy (non-hydrogen) atoms. The largest absolute Gasteiger partial charge is 0.338 e.